The molecule has 0 saturated carbocycles. The van der Waals surface area contributed by atoms with Crippen LogP contribution in [0.5, 0.6) is 0 Å². The number of rotatable bonds is 22. The van der Waals surface area contributed by atoms with Crippen LogP contribution in [0.4, 0.5) is 0 Å². The van der Waals surface area contributed by atoms with Gasteiger partial charge in [0.2, 0.25) is 0 Å². The Morgan fingerprint density at radius 3 is 0.796 bits per heavy atom. The molecule has 0 aromatic heterocycles. The van der Waals surface area contributed by atoms with E-state index in [2.05, 4.69) is 13.2 Å². The second-order valence-electron chi connectivity index (χ2n) is 10.7. The molecule has 18 nitrogen and oxygen atoms in total. The number of ether oxygens (including phenoxy) is 2. The molecule has 0 fully saturated rings. The molecule has 0 aliphatic rings. The fourth-order valence-electron chi connectivity index (χ4n) is 2.36. The van der Waals surface area contributed by atoms with Crippen molar-refractivity contribution in [3.05, 3.63) is 24.3 Å². The van der Waals surface area contributed by atoms with Gasteiger partial charge in [0.05, 0.1) is 50.5 Å². The van der Waals surface area contributed by atoms with Crippen LogP contribution in [0.15, 0.2) is 24.3 Å². The Kier molecular flexibility index (Phi) is 38.4. The number of carbonyl (C=O) groups excluding carboxylic acids is 2. The number of carboxylic acid groups (broad SMARTS) is 4. The topological polar surface area (TPSA) is 323 Å². The number of aliphatic hydroxyl groups excluding tert-OH is 6. The number of carbonyl (C=O) groups is 6. The number of unbranched alkanes of at least 4 members (excludes halogenated alkanes) is 2. The van der Waals surface area contributed by atoms with E-state index in [1.807, 2.05) is 0 Å². The Bertz CT molecular complexity index is 875. The second kappa shape index (κ2) is 33.8. The number of aliphatic hydroxyl groups is 6. The zero-order valence-electron chi connectivity index (χ0n) is 30.2. The fraction of sp³-hybridized carbons (Fsp3) is 0.667. The Morgan fingerprint density at radius 2 is 0.673 bits per heavy atom. The van der Waals surface area contributed by atoms with Gasteiger partial charge >= 0.3 is 73.6 Å². The second-order valence-corrected chi connectivity index (χ2v) is 10.7. The smallest absolute Gasteiger partial charge is 1.00 e. The molecule has 284 valence electrons. The molecule has 0 rings (SSSR count). The Morgan fingerprint density at radius 1 is 0.490 bits per heavy atom. The monoisotopic (exact) mass is 742 g/mol. The van der Waals surface area contributed by atoms with Crippen LogP contribution in [0, 0.1) is 10.8 Å². The van der Waals surface area contributed by atoms with Gasteiger partial charge in [0, 0.05) is 36.8 Å². The number of carboxylic acids is 4. The summed E-state index contributed by atoms with van der Waals surface area (Å²) in [5.74, 6) is -4.69. The van der Waals surface area contributed by atoms with Crippen LogP contribution in [-0.4, -0.2) is 177 Å². The predicted octanol–water partition coefficient (Wildman–Crippen LogP) is -0.586. The summed E-state index contributed by atoms with van der Waals surface area (Å²) in [6, 6.07) is 0. The van der Waals surface area contributed by atoms with Gasteiger partial charge < -0.3 is 63.4 Å². The molecule has 19 heteroatoms. The molecular weight excluding hydrogens is 688 g/mol. The van der Waals surface area contributed by atoms with Crippen molar-refractivity contribution >= 4 is 73.6 Å². The molecule has 0 amide bonds. The van der Waals surface area contributed by atoms with Crippen molar-refractivity contribution < 1.29 is 92.2 Å². The molecule has 0 bridgehead atoms. The molecule has 0 aliphatic carbocycles. The van der Waals surface area contributed by atoms with Gasteiger partial charge in [-0.15, -0.1) is 0 Å². The summed E-state index contributed by atoms with van der Waals surface area (Å²) in [5, 5.41) is 85.9. The van der Waals surface area contributed by atoms with Crippen LogP contribution in [0.3, 0.4) is 0 Å². The van der Waals surface area contributed by atoms with E-state index in [1.165, 1.54) is 13.8 Å². The first kappa shape index (κ1) is 55.7. The molecule has 0 atom stereocenters. The fourth-order valence-corrected chi connectivity index (χ4v) is 2.36. The van der Waals surface area contributed by atoms with Gasteiger partial charge in [-0.1, -0.05) is 13.2 Å². The Hall–Kier alpha value is -2.68. The summed E-state index contributed by atoms with van der Waals surface area (Å²) in [7, 11) is 0. The molecule has 10 N–H and O–H groups in total. The van der Waals surface area contributed by atoms with Gasteiger partial charge in [0.1, 0.15) is 13.2 Å². The van der Waals surface area contributed by atoms with Crippen LogP contribution in [0.25, 0.3) is 0 Å². The maximum Gasteiger partial charge on any atom is 2.00 e. The average Bonchev–Trinajstić information content (AvgIpc) is 3.03. The van der Waals surface area contributed by atoms with E-state index in [0.29, 0.717) is 25.7 Å². The summed E-state index contributed by atoms with van der Waals surface area (Å²) in [6.07, 6.45) is 2.04. The van der Waals surface area contributed by atoms with Gasteiger partial charge in [0.15, 0.2) is 0 Å². The molecule has 0 saturated heterocycles. The van der Waals surface area contributed by atoms with Crippen LogP contribution in [-0.2, 0) is 38.2 Å². The zero-order valence-corrected chi connectivity index (χ0v) is 30.4. The summed E-state index contributed by atoms with van der Waals surface area (Å²) < 4.78 is 9.45. The van der Waals surface area contributed by atoms with Crippen molar-refractivity contribution in [3.63, 3.8) is 0 Å². The molecule has 49 heavy (non-hydrogen) atoms. The quantitative estimate of drug-likeness (QED) is 0.0287. The van der Waals surface area contributed by atoms with Crippen molar-refractivity contribution in [2.45, 2.75) is 65.2 Å². The summed E-state index contributed by atoms with van der Waals surface area (Å²) in [4.78, 5) is 61.5. The minimum Gasteiger partial charge on any atom is -1.00 e. The first-order valence-corrected chi connectivity index (χ1v) is 14.5. The third-order valence-electron chi connectivity index (χ3n) is 5.79. The Labute approximate surface area is 317 Å². The minimum atomic E-state index is -1.18. The largest absolute Gasteiger partial charge is 2.00 e. The number of aliphatic carboxylic acids is 4. The molecular formula is C30H54CaO18. The van der Waals surface area contributed by atoms with Crippen LogP contribution in [0.1, 0.15) is 68.1 Å². The minimum absolute atomic E-state index is 0. The third kappa shape index (κ3) is 35.0. The first-order valence-electron chi connectivity index (χ1n) is 14.5. The van der Waals surface area contributed by atoms with Crippen molar-refractivity contribution in [2.24, 2.45) is 10.8 Å². The van der Waals surface area contributed by atoms with Crippen molar-refractivity contribution in [2.75, 3.05) is 52.9 Å². The molecule has 0 unspecified atom stereocenters. The van der Waals surface area contributed by atoms with Crippen LogP contribution >= 0.6 is 0 Å². The van der Waals surface area contributed by atoms with Crippen LogP contribution < -0.4 is 0 Å². The van der Waals surface area contributed by atoms with Crippen molar-refractivity contribution in [3.8, 4) is 0 Å². The van der Waals surface area contributed by atoms with Crippen LogP contribution in [0.2, 0.25) is 0 Å². The zero-order chi connectivity index (χ0) is 38.3. The summed E-state index contributed by atoms with van der Waals surface area (Å²) >= 11 is 0. The predicted molar refractivity (Wildman–Crippen MR) is 174 cm³/mol. The maximum atomic E-state index is 11.0. The standard InChI is InChI=1S/2C9H16O5.2C6H10O4.Ca.2H/c2*1-7(2)8(13)14-6-9(3-10,4-11)5-12;2*7-5(8)3-1-2-4-6(9)10;;;/h2*10-12H,1,3-6H2,2H3;2*1-4H2,(H,7,8)(H,9,10);;;/q;;;;+2;2*-1. The average molecular weight is 743 g/mol. The molecule has 0 radical (unpaired) electrons. The summed E-state index contributed by atoms with van der Waals surface area (Å²) in [6.45, 7) is 6.52. The van der Waals surface area contributed by atoms with Gasteiger partial charge in [-0.3, -0.25) is 19.2 Å². The van der Waals surface area contributed by atoms with E-state index in [9.17, 15) is 28.8 Å². The maximum absolute atomic E-state index is 11.0. The molecule has 0 spiro atoms. The van der Waals surface area contributed by atoms with E-state index in [1.54, 1.807) is 0 Å². The molecule has 0 aromatic rings. The number of esters is 2. The van der Waals surface area contributed by atoms with E-state index in [4.69, 9.17) is 60.5 Å². The third-order valence-corrected chi connectivity index (χ3v) is 5.79. The summed E-state index contributed by atoms with van der Waals surface area (Å²) in [5.41, 5.74) is -1.89. The van der Waals surface area contributed by atoms with E-state index >= 15 is 0 Å². The van der Waals surface area contributed by atoms with Crippen molar-refractivity contribution in [1.82, 2.24) is 0 Å². The number of hydrogen-bond donors (Lipinski definition) is 10. The normalized spacial score (nSPS) is 10.1. The first-order chi connectivity index (χ1) is 22.3. The SMILES string of the molecule is C=C(C)C(=O)OCC(CO)(CO)CO.C=C(C)C(=O)OCC(CO)(CO)CO.O=C(O)CCCCC(=O)O.O=C(O)CCCCC(=O)O.[Ca+2].[H-].[H-]. The van der Waals surface area contributed by atoms with Gasteiger partial charge in [-0.2, -0.15) is 0 Å². The Balaban J connectivity index is -0.000000100. The van der Waals surface area contributed by atoms with E-state index in [-0.39, 0.29) is 90.6 Å². The molecule has 0 aromatic carbocycles. The molecule has 0 heterocycles. The van der Waals surface area contributed by atoms with E-state index < -0.39 is 86.3 Å². The molecule has 0 aliphatic heterocycles. The van der Waals surface area contributed by atoms with Gasteiger partial charge in [0.25, 0.3) is 0 Å². The van der Waals surface area contributed by atoms with Gasteiger partial charge in [-0.25, -0.2) is 9.59 Å². The number of hydrogen-bond acceptors (Lipinski definition) is 14. The van der Waals surface area contributed by atoms with Gasteiger partial charge in [-0.05, 0) is 39.5 Å². The van der Waals surface area contributed by atoms with Crippen molar-refractivity contribution in [1.29, 1.82) is 0 Å². The van der Waals surface area contributed by atoms with E-state index in [0.717, 1.165) is 0 Å².